The molecule has 0 radical (unpaired) electrons. The van der Waals surface area contributed by atoms with Crippen molar-refractivity contribution in [3.63, 3.8) is 0 Å². The van der Waals surface area contributed by atoms with E-state index in [-0.39, 0.29) is 17.0 Å². The fourth-order valence-electron chi connectivity index (χ4n) is 5.25. The Labute approximate surface area is 223 Å². The van der Waals surface area contributed by atoms with Crippen LogP contribution in [0.3, 0.4) is 0 Å². The second-order valence-corrected chi connectivity index (χ2v) is 9.85. The van der Waals surface area contributed by atoms with Crippen molar-refractivity contribution < 1.29 is 14.0 Å². The summed E-state index contributed by atoms with van der Waals surface area (Å²) >= 11 is 0. The Kier molecular flexibility index (Phi) is 6.52. The zero-order valence-corrected chi connectivity index (χ0v) is 21.2. The molecule has 1 fully saturated rings. The van der Waals surface area contributed by atoms with Crippen LogP contribution >= 0.6 is 0 Å². The second kappa shape index (κ2) is 10.3. The molecule has 2 aliphatic heterocycles. The van der Waals surface area contributed by atoms with E-state index in [9.17, 15) is 18.8 Å². The molecule has 39 heavy (non-hydrogen) atoms. The number of hydrogen-bond donors (Lipinski definition) is 2. The molecule has 9 nitrogen and oxygen atoms in total. The van der Waals surface area contributed by atoms with Gasteiger partial charge >= 0.3 is 0 Å². The number of H-pyrrole nitrogens is 1. The second-order valence-electron chi connectivity index (χ2n) is 9.85. The SMILES string of the molecule is O=C(c1ccc2ccccc2n1)N1CCN(C(=O)c2cc(Cc3n[nH]c(=O)c4c3NCCC4)ccc2F)CC1. The van der Waals surface area contributed by atoms with E-state index in [1.54, 1.807) is 28.0 Å². The monoisotopic (exact) mass is 526 g/mol. The lowest BCUT2D eigenvalue weighted by molar-refractivity contribution is 0.0530. The number of hydrogen-bond acceptors (Lipinski definition) is 6. The van der Waals surface area contributed by atoms with E-state index in [0.29, 0.717) is 61.5 Å². The molecule has 0 bridgehead atoms. The Hall–Kier alpha value is -4.60. The number of halogens is 1. The highest BCUT2D eigenvalue weighted by atomic mass is 19.1. The smallest absolute Gasteiger partial charge is 0.272 e. The maximum absolute atomic E-state index is 14.8. The van der Waals surface area contributed by atoms with Crippen molar-refractivity contribution >= 4 is 28.4 Å². The van der Waals surface area contributed by atoms with Crippen LogP contribution in [0.1, 0.15) is 44.1 Å². The van der Waals surface area contributed by atoms with Crippen LogP contribution in [0.5, 0.6) is 0 Å². The molecule has 2 aromatic carbocycles. The first-order valence-corrected chi connectivity index (χ1v) is 13.0. The fourth-order valence-corrected chi connectivity index (χ4v) is 5.25. The zero-order valence-electron chi connectivity index (χ0n) is 21.2. The minimum absolute atomic E-state index is 0.0188. The summed E-state index contributed by atoms with van der Waals surface area (Å²) in [5.41, 5.74) is 3.66. The van der Waals surface area contributed by atoms with Gasteiger partial charge in [0.25, 0.3) is 17.4 Å². The molecule has 0 spiro atoms. The number of aromatic nitrogens is 3. The number of nitrogens with zero attached hydrogens (tertiary/aromatic N) is 4. The molecule has 2 N–H and O–H groups in total. The van der Waals surface area contributed by atoms with Crippen LogP contribution < -0.4 is 10.9 Å². The van der Waals surface area contributed by atoms with Gasteiger partial charge in [-0.25, -0.2) is 14.5 Å². The fraction of sp³-hybridized carbons (Fsp3) is 0.276. The van der Waals surface area contributed by atoms with Gasteiger partial charge in [-0.05, 0) is 42.7 Å². The molecule has 2 aliphatic rings. The topological polar surface area (TPSA) is 111 Å². The van der Waals surface area contributed by atoms with Gasteiger partial charge in [0.1, 0.15) is 11.5 Å². The third kappa shape index (κ3) is 4.85. The van der Waals surface area contributed by atoms with Gasteiger partial charge in [-0.15, -0.1) is 0 Å². The van der Waals surface area contributed by atoms with Crippen molar-refractivity contribution in [2.45, 2.75) is 19.3 Å². The van der Waals surface area contributed by atoms with E-state index < -0.39 is 11.7 Å². The molecule has 0 aliphatic carbocycles. The van der Waals surface area contributed by atoms with Gasteiger partial charge in [0.15, 0.2) is 0 Å². The predicted molar refractivity (Wildman–Crippen MR) is 144 cm³/mol. The zero-order chi connectivity index (χ0) is 26.9. The molecule has 4 aromatic rings. The van der Waals surface area contributed by atoms with E-state index in [4.69, 9.17) is 0 Å². The summed E-state index contributed by atoms with van der Waals surface area (Å²) in [5, 5.41) is 11.0. The molecule has 2 aromatic heterocycles. The first kappa shape index (κ1) is 24.7. The number of aromatic amines is 1. The van der Waals surface area contributed by atoms with E-state index in [2.05, 4.69) is 20.5 Å². The molecule has 1 saturated heterocycles. The summed E-state index contributed by atoms with van der Waals surface area (Å²) < 4.78 is 14.8. The van der Waals surface area contributed by atoms with Crippen molar-refractivity contribution in [1.29, 1.82) is 0 Å². The van der Waals surface area contributed by atoms with E-state index in [1.807, 2.05) is 30.3 Å². The largest absolute Gasteiger partial charge is 0.383 e. The first-order valence-electron chi connectivity index (χ1n) is 13.0. The average Bonchev–Trinajstić information content (AvgIpc) is 2.98. The van der Waals surface area contributed by atoms with Crippen molar-refractivity contribution in [3.8, 4) is 0 Å². The Morgan fingerprint density at radius 2 is 1.72 bits per heavy atom. The lowest BCUT2D eigenvalue weighted by Crippen LogP contribution is -2.50. The number of para-hydroxylation sites is 1. The van der Waals surface area contributed by atoms with Crippen molar-refractivity contribution in [1.82, 2.24) is 25.0 Å². The van der Waals surface area contributed by atoms with Crippen LogP contribution in [0.15, 0.2) is 59.4 Å². The number of carbonyl (C=O) groups is 2. The summed E-state index contributed by atoms with van der Waals surface area (Å²) in [7, 11) is 0. The highest BCUT2D eigenvalue weighted by Crippen LogP contribution is 2.24. The molecule has 0 unspecified atom stereocenters. The predicted octanol–water partition coefficient (Wildman–Crippen LogP) is 3.00. The van der Waals surface area contributed by atoms with Crippen LogP contribution in [0.4, 0.5) is 10.1 Å². The van der Waals surface area contributed by atoms with Crippen molar-refractivity contribution in [2.75, 3.05) is 38.0 Å². The Balaban J connectivity index is 1.15. The van der Waals surface area contributed by atoms with Crippen molar-refractivity contribution in [3.05, 3.63) is 98.8 Å². The number of amides is 2. The molecule has 4 heterocycles. The van der Waals surface area contributed by atoms with Crippen LogP contribution in [0.25, 0.3) is 10.9 Å². The van der Waals surface area contributed by atoms with Crippen LogP contribution in [0, 0.1) is 5.82 Å². The average molecular weight is 527 g/mol. The standard InChI is InChI=1S/C29H27FN6O3/c30-22-9-7-18(17-25-26-20(5-3-11-31-26)27(37)34-33-25)16-21(22)28(38)35-12-14-36(15-13-35)29(39)24-10-8-19-4-1-2-6-23(19)32-24/h1-2,4,6-10,16,31H,3,5,11-15,17H2,(H,34,37). The number of benzene rings is 2. The van der Waals surface area contributed by atoms with Gasteiger partial charge in [0.05, 0.1) is 22.5 Å². The Morgan fingerprint density at radius 1 is 0.949 bits per heavy atom. The normalized spacial score (nSPS) is 15.1. The third-order valence-corrected chi connectivity index (χ3v) is 7.37. The quantitative estimate of drug-likeness (QED) is 0.423. The highest BCUT2D eigenvalue weighted by Gasteiger charge is 2.28. The summed E-state index contributed by atoms with van der Waals surface area (Å²) in [6, 6.07) is 15.7. The molecule has 2 amide bonds. The number of piperazine rings is 1. The van der Waals surface area contributed by atoms with E-state index >= 15 is 0 Å². The van der Waals surface area contributed by atoms with Gasteiger partial charge in [-0.1, -0.05) is 30.3 Å². The van der Waals surface area contributed by atoms with Crippen LogP contribution in [-0.4, -0.2) is 69.5 Å². The summed E-state index contributed by atoms with van der Waals surface area (Å²) in [6.07, 6.45) is 1.88. The minimum Gasteiger partial charge on any atom is -0.383 e. The van der Waals surface area contributed by atoms with Gasteiger partial charge in [-0.3, -0.25) is 14.4 Å². The first-order chi connectivity index (χ1) is 19.0. The highest BCUT2D eigenvalue weighted by molar-refractivity contribution is 5.96. The molecule has 0 atom stereocenters. The van der Waals surface area contributed by atoms with Crippen molar-refractivity contribution in [2.24, 2.45) is 0 Å². The molecule has 198 valence electrons. The molecule has 0 saturated carbocycles. The summed E-state index contributed by atoms with van der Waals surface area (Å²) in [5.74, 6) is -1.21. The molecule has 10 heteroatoms. The summed E-state index contributed by atoms with van der Waals surface area (Å²) in [6.45, 7) is 2.00. The van der Waals surface area contributed by atoms with Crippen LogP contribution in [-0.2, 0) is 12.8 Å². The maximum Gasteiger partial charge on any atom is 0.272 e. The van der Waals surface area contributed by atoms with E-state index in [0.717, 1.165) is 29.6 Å². The van der Waals surface area contributed by atoms with E-state index in [1.165, 1.54) is 6.07 Å². The number of anilines is 1. The lowest BCUT2D eigenvalue weighted by atomic mass is 9.99. The third-order valence-electron chi connectivity index (χ3n) is 7.37. The number of rotatable bonds is 4. The number of fused-ring (bicyclic) bond motifs is 2. The summed E-state index contributed by atoms with van der Waals surface area (Å²) in [4.78, 5) is 46.2. The van der Waals surface area contributed by atoms with Gasteiger partial charge in [0, 0.05) is 50.1 Å². The lowest BCUT2D eigenvalue weighted by Gasteiger charge is -2.34. The Bertz CT molecular complexity index is 1640. The molecular formula is C29H27FN6O3. The number of nitrogens with one attached hydrogen (secondary N) is 2. The number of pyridine rings is 1. The Morgan fingerprint density at radius 3 is 2.54 bits per heavy atom. The molecular weight excluding hydrogens is 499 g/mol. The minimum atomic E-state index is -0.600. The van der Waals surface area contributed by atoms with Gasteiger partial charge in [-0.2, -0.15) is 5.10 Å². The number of carbonyl (C=O) groups excluding carboxylic acids is 2. The maximum atomic E-state index is 14.8. The van der Waals surface area contributed by atoms with Gasteiger partial charge in [0.2, 0.25) is 0 Å². The van der Waals surface area contributed by atoms with Gasteiger partial charge < -0.3 is 15.1 Å². The van der Waals surface area contributed by atoms with Crippen LogP contribution in [0.2, 0.25) is 0 Å². The molecule has 6 rings (SSSR count).